The highest BCUT2D eigenvalue weighted by Gasteiger charge is 2.65. The number of fused-ring (bicyclic) bond motifs is 1. The Labute approximate surface area is 72.0 Å². The molecule has 2 fully saturated rings. The van der Waals surface area contributed by atoms with Crippen LogP contribution in [0.25, 0.3) is 0 Å². The molecular formula is C9H14O3. The van der Waals surface area contributed by atoms with Crippen molar-refractivity contribution in [3.8, 4) is 0 Å². The number of hydrogen-bond donors (Lipinski definition) is 0. The zero-order valence-corrected chi connectivity index (χ0v) is 7.45. The molecule has 2 aliphatic rings. The Morgan fingerprint density at radius 3 is 2.83 bits per heavy atom. The second kappa shape index (κ2) is 2.46. The van der Waals surface area contributed by atoms with Crippen LogP contribution in [-0.2, 0) is 14.3 Å². The smallest absolute Gasteiger partial charge is 0.295 e. The van der Waals surface area contributed by atoms with Gasteiger partial charge in [-0.1, -0.05) is 13.8 Å². The van der Waals surface area contributed by atoms with Gasteiger partial charge < -0.3 is 9.47 Å². The molecule has 4 unspecified atom stereocenters. The third-order valence-corrected chi connectivity index (χ3v) is 3.01. The van der Waals surface area contributed by atoms with Crippen LogP contribution >= 0.6 is 0 Å². The standard InChI is InChI=1S/C9H14O3/c1-6-3-7(2)9(11-5-10)8(4-6)12-9/h5-8H,3-4H2,1-2H3. The fourth-order valence-electron chi connectivity index (χ4n) is 2.36. The number of epoxide rings is 1. The third kappa shape index (κ3) is 0.959. The first kappa shape index (κ1) is 8.05. The number of rotatable bonds is 2. The third-order valence-electron chi connectivity index (χ3n) is 3.01. The number of carbonyl (C=O) groups is 1. The summed E-state index contributed by atoms with van der Waals surface area (Å²) in [6.07, 6.45) is 2.28. The zero-order chi connectivity index (χ0) is 8.77. The molecule has 3 nitrogen and oxygen atoms in total. The van der Waals surface area contributed by atoms with E-state index in [1.165, 1.54) is 0 Å². The van der Waals surface area contributed by atoms with Crippen LogP contribution < -0.4 is 0 Å². The summed E-state index contributed by atoms with van der Waals surface area (Å²) in [6, 6.07) is 0. The summed E-state index contributed by atoms with van der Waals surface area (Å²) in [5.74, 6) is 0.501. The molecule has 0 aromatic rings. The molecule has 0 N–H and O–H groups in total. The van der Waals surface area contributed by atoms with Crippen molar-refractivity contribution in [2.45, 2.75) is 38.6 Å². The molecule has 12 heavy (non-hydrogen) atoms. The number of ether oxygens (including phenoxy) is 2. The van der Waals surface area contributed by atoms with E-state index in [1.807, 2.05) is 0 Å². The minimum atomic E-state index is -0.533. The molecule has 0 aromatic carbocycles. The largest absolute Gasteiger partial charge is 0.432 e. The molecular weight excluding hydrogens is 156 g/mol. The lowest BCUT2D eigenvalue weighted by molar-refractivity contribution is -0.149. The van der Waals surface area contributed by atoms with Crippen molar-refractivity contribution in [3.63, 3.8) is 0 Å². The highest BCUT2D eigenvalue weighted by Crippen LogP contribution is 2.53. The first-order chi connectivity index (χ1) is 5.69. The number of carbonyl (C=O) groups excluding carboxylic acids is 1. The molecule has 0 aromatic heterocycles. The van der Waals surface area contributed by atoms with Crippen LogP contribution in [0.1, 0.15) is 26.7 Å². The molecule has 4 atom stereocenters. The van der Waals surface area contributed by atoms with Crippen molar-refractivity contribution < 1.29 is 14.3 Å². The summed E-state index contributed by atoms with van der Waals surface area (Å²) in [5.41, 5.74) is 0. The zero-order valence-electron chi connectivity index (χ0n) is 7.45. The van der Waals surface area contributed by atoms with E-state index < -0.39 is 5.79 Å². The van der Waals surface area contributed by atoms with E-state index in [1.54, 1.807) is 0 Å². The van der Waals surface area contributed by atoms with Crippen molar-refractivity contribution in [3.05, 3.63) is 0 Å². The van der Waals surface area contributed by atoms with Gasteiger partial charge in [0.05, 0.1) is 0 Å². The Hall–Kier alpha value is -0.570. The predicted octanol–water partition coefficient (Wildman–Crippen LogP) is 1.32. The maximum Gasteiger partial charge on any atom is 0.295 e. The van der Waals surface area contributed by atoms with E-state index in [-0.39, 0.29) is 6.10 Å². The number of hydrogen-bond acceptors (Lipinski definition) is 3. The van der Waals surface area contributed by atoms with E-state index in [0.717, 1.165) is 12.8 Å². The Kier molecular flexibility index (Phi) is 1.65. The van der Waals surface area contributed by atoms with Crippen molar-refractivity contribution in [2.24, 2.45) is 11.8 Å². The summed E-state index contributed by atoms with van der Waals surface area (Å²) in [5, 5.41) is 0. The molecule has 0 bridgehead atoms. The molecule has 0 radical (unpaired) electrons. The van der Waals surface area contributed by atoms with Crippen LogP contribution in [0.4, 0.5) is 0 Å². The van der Waals surface area contributed by atoms with E-state index in [9.17, 15) is 4.79 Å². The summed E-state index contributed by atoms with van der Waals surface area (Å²) in [4.78, 5) is 10.2. The van der Waals surface area contributed by atoms with Crippen LogP contribution in [0.2, 0.25) is 0 Å². The topological polar surface area (TPSA) is 38.8 Å². The molecule has 1 heterocycles. The lowest BCUT2D eigenvalue weighted by Crippen LogP contribution is -2.34. The summed E-state index contributed by atoms with van der Waals surface area (Å²) in [6.45, 7) is 4.80. The van der Waals surface area contributed by atoms with Gasteiger partial charge in [0.1, 0.15) is 6.10 Å². The van der Waals surface area contributed by atoms with Gasteiger partial charge in [-0.15, -0.1) is 0 Å². The molecule has 1 aliphatic carbocycles. The lowest BCUT2D eigenvalue weighted by atomic mass is 9.81. The minimum Gasteiger partial charge on any atom is -0.432 e. The van der Waals surface area contributed by atoms with Gasteiger partial charge in [0.25, 0.3) is 6.47 Å². The second-order valence-corrected chi connectivity index (χ2v) is 4.02. The van der Waals surface area contributed by atoms with Gasteiger partial charge in [0.2, 0.25) is 5.79 Å². The maximum absolute atomic E-state index is 10.2. The van der Waals surface area contributed by atoms with Crippen LogP contribution in [-0.4, -0.2) is 18.4 Å². The van der Waals surface area contributed by atoms with Crippen molar-refractivity contribution in [2.75, 3.05) is 0 Å². The maximum atomic E-state index is 10.2. The Bertz CT molecular complexity index is 204. The van der Waals surface area contributed by atoms with Gasteiger partial charge in [0.15, 0.2) is 0 Å². The molecule has 0 spiro atoms. The van der Waals surface area contributed by atoms with Crippen LogP contribution in [0, 0.1) is 11.8 Å². The van der Waals surface area contributed by atoms with Crippen LogP contribution in [0.5, 0.6) is 0 Å². The van der Waals surface area contributed by atoms with Gasteiger partial charge in [-0.3, -0.25) is 4.79 Å². The van der Waals surface area contributed by atoms with Crippen LogP contribution in [0.15, 0.2) is 0 Å². The van der Waals surface area contributed by atoms with Crippen molar-refractivity contribution >= 4 is 6.47 Å². The van der Waals surface area contributed by atoms with Gasteiger partial charge in [0, 0.05) is 5.92 Å². The summed E-state index contributed by atoms with van der Waals surface area (Å²) < 4.78 is 10.4. The van der Waals surface area contributed by atoms with Gasteiger partial charge in [-0.25, -0.2) is 0 Å². The lowest BCUT2D eigenvalue weighted by Gasteiger charge is -2.26. The molecule has 1 aliphatic heterocycles. The second-order valence-electron chi connectivity index (χ2n) is 4.02. The minimum absolute atomic E-state index is 0.168. The fourth-order valence-corrected chi connectivity index (χ4v) is 2.36. The van der Waals surface area contributed by atoms with Gasteiger partial charge >= 0.3 is 0 Å². The molecule has 2 rings (SSSR count). The predicted molar refractivity (Wildman–Crippen MR) is 42.3 cm³/mol. The summed E-state index contributed by atoms with van der Waals surface area (Å²) in [7, 11) is 0. The van der Waals surface area contributed by atoms with E-state index in [2.05, 4.69) is 13.8 Å². The fraction of sp³-hybridized carbons (Fsp3) is 0.889. The van der Waals surface area contributed by atoms with E-state index in [0.29, 0.717) is 18.3 Å². The molecule has 3 heteroatoms. The SMILES string of the molecule is CC1CC(C)C2(OC=O)OC2C1. The first-order valence-electron chi connectivity index (χ1n) is 4.48. The quantitative estimate of drug-likeness (QED) is 0.463. The average molecular weight is 170 g/mol. The summed E-state index contributed by atoms with van der Waals surface area (Å²) >= 11 is 0. The molecule has 1 saturated carbocycles. The first-order valence-corrected chi connectivity index (χ1v) is 4.48. The Morgan fingerprint density at radius 1 is 1.50 bits per heavy atom. The highest BCUT2D eigenvalue weighted by atomic mass is 16.8. The monoisotopic (exact) mass is 170 g/mol. The van der Waals surface area contributed by atoms with Crippen molar-refractivity contribution in [1.82, 2.24) is 0 Å². The molecule has 68 valence electrons. The van der Waals surface area contributed by atoms with E-state index in [4.69, 9.17) is 9.47 Å². The van der Waals surface area contributed by atoms with E-state index >= 15 is 0 Å². The molecule has 0 amide bonds. The average Bonchev–Trinajstić information content (AvgIpc) is 2.64. The van der Waals surface area contributed by atoms with Crippen molar-refractivity contribution in [1.29, 1.82) is 0 Å². The molecule has 1 saturated heterocycles. The van der Waals surface area contributed by atoms with Gasteiger partial charge in [-0.05, 0) is 18.8 Å². The van der Waals surface area contributed by atoms with Gasteiger partial charge in [-0.2, -0.15) is 0 Å². The highest BCUT2D eigenvalue weighted by molar-refractivity contribution is 5.39. The normalized spacial score (nSPS) is 51.0. The Morgan fingerprint density at radius 2 is 2.25 bits per heavy atom. The Balaban J connectivity index is 2.07. The van der Waals surface area contributed by atoms with Crippen LogP contribution in [0.3, 0.4) is 0 Å².